The van der Waals surface area contributed by atoms with Crippen molar-refractivity contribution >= 4 is 5.95 Å². The summed E-state index contributed by atoms with van der Waals surface area (Å²) in [5, 5.41) is 13.9. The average Bonchev–Trinajstić information content (AvgIpc) is 2.64. The third kappa shape index (κ3) is 4.75. The molecule has 0 aliphatic carbocycles. The molecule has 1 fully saturated rings. The monoisotopic (exact) mass is 341 g/mol. The molecule has 1 aromatic heterocycles. The summed E-state index contributed by atoms with van der Waals surface area (Å²) in [6.07, 6.45) is 3.73. The fraction of sp³-hybridized carbons (Fsp3) is 0.474. The molecule has 0 amide bonds. The number of hydrogen-bond donors (Lipinski definition) is 2. The lowest BCUT2D eigenvalue weighted by Crippen LogP contribution is -2.45. The van der Waals surface area contributed by atoms with Crippen LogP contribution in [0.3, 0.4) is 0 Å². The average molecular weight is 341 g/mol. The molecule has 1 aromatic carbocycles. The smallest absolute Gasteiger partial charge is 0.225 e. The minimum atomic E-state index is -0.901. The SMILES string of the molecule is CN1CCN(c2ncc(CNCC(C)(O)c3ccccc3)cn2)CC1. The first-order valence-corrected chi connectivity index (χ1v) is 8.78. The first-order valence-electron chi connectivity index (χ1n) is 8.78. The molecule has 0 bridgehead atoms. The number of aromatic nitrogens is 2. The zero-order valence-electron chi connectivity index (χ0n) is 15.0. The zero-order valence-corrected chi connectivity index (χ0v) is 15.0. The summed E-state index contributed by atoms with van der Waals surface area (Å²) in [6, 6.07) is 9.71. The molecule has 2 N–H and O–H groups in total. The molecule has 0 spiro atoms. The van der Waals surface area contributed by atoms with Crippen molar-refractivity contribution in [3.8, 4) is 0 Å². The van der Waals surface area contributed by atoms with E-state index in [2.05, 4.69) is 32.1 Å². The Morgan fingerprint density at radius 1 is 1.08 bits per heavy atom. The number of anilines is 1. The molecule has 25 heavy (non-hydrogen) atoms. The molecule has 6 nitrogen and oxygen atoms in total. The lowest BCUT2D eigenvalue weighted by Gasteiger charge is -2.32. The number of likely N-dealkylation sites (N-methyl/N-ethyl adjacent to an activating group) is 1. The molecule has 1 saturated heterocycles. The molecule has 1 aliphatic rings. The van der Waals surface area contributed by atoms with Gasteiger partial charge in [-0.05, 0) is 19.5 Å². The summed E-state index contributed by atoms with van der Waals surface area (Å²) in [4.78, 5) is 13.5. The highest BCUT2D eigenvalue weighted by molar-refractivity contribution is 5.30. The maximum atomic E-state index is 10.6. The Morgan fingerprint density at radius 2 is 1.72 bits per heavy atom. The molecule has 1 atom stereocenters. The summed E-state index contributed by atoms with van der Waals surface area (Å²) in [5.74, 6) is 0.799. The van der Waals surface area contributed by atoms with Crippen molar-refractivity contribution in [3.05, 3.63) is 53.9 Å². The van der Waals surface area contributed by atoms with Crippen molar-refractivity contribution in [1.82, 2.24) is 20.2 Å². The Hall–Kier alpha value is -2.02. The number of rotatable bonds is 6. The van der Waals surface area contributed by atoms with Crippen LogP contribution >= 0.6 is 0 Å². The van der Waals surface area contributed by atoms with E-state index in [1.54, 1.807) is 0 Å². The van der Waals surface area contributed by atoms with Crippen LogP contribution in [0.5, 0.6) is 0 Å². The molecule has 134 valence electrons. The van der Waals surface area contributed by atoms with E-state index in [1.165, 1.54) is 0 Å². The maximum absolute atomic E-state index is 10.6. The van der Waals surface area contributed by atoms with E-state index in [0.29, 0.717) is 13.1 Å². The lowest BCUT2D eigenvalue weighted by atomic mass is 9.96. The van der Waals surface area contributed by atoms with Crippen LogP contribution in [-0.2, 0) is 12.1 Å². The van der Waals surface area contributed by atoms with E-state index in [0.717, 1.165) is 43.3 Å². The van der Waals surface area contributed by atoms with E-state index in [-0.39, 0.29) is 0 Å². The third-order valence-electron chi connectivity index (χ3n) is 4.67. The van der Waals surface area contributed by atoms with Gasteiger partial charge in [-0.2, -0.15) is 0 Å². The van der Waals surface area contributed by atoms with Gasteiger partial charge >= 0.3 is 0 Å². The molecule has 3 rings (SSSR count). The largest absolute Gasteiger partial charge is 0.384 e. The van der Waals surface area contributed by atoms with Crippen LogP contribution < -0.4 is 10.2 Å². The van der Waals surface area contributed by atoms with Gasteiger partial charge in [0, 0.05) is 57.2 Å². The fourth-order valence-electron chi connectivity index (χ4n) is 2.96. The number of benzene rings is 1. The van der Waals surface area contributed by atoms with Gasteiger partial charge in [-0.1, -0.05) is 30.3 Å². The van der Waals surface area contributed by atoms with Crippen molar-refractivity contribution in [1.29, 1.82) is 0 Å². The van der Waals surface area contributed by atoms with E-state index >= 15 is 0 Å². The number of piperazine rings is 1. The van der Waals surface area contributed by atoms with E-state index < -0.39 is 5.60 Å². The second-order valence-electron chi connectivity index (χ2n) is 6.93. The van der Waals surface area contributed by atoms with Gasteiger partial charge in [-0.25, -0.2) is 9.97 Å². The van der Waals surface area contributed by atoms with Crippen LogP contribution in [0.25, 0.3) is 0 Å². The first-order chi connectivity index (χ1) is 12.0. The van der Waals surface area contributed by atoms with Crippen LogP contribution in [0, 0.1) is 0 Å². The first kappa shape index (κ1) is 17.8. The van der Waals surface area contributed by atoms with Gasteiger partial charge in [-0.3, -0.25) is 0 Å². The number of aliphatic hydroxyl groups is 1. The Labute approximate surface area is 149 Å². The van der Waals surface area contributed by atoms with E-state index in [9.17, 15) is 5.11 Å². The summed E-state index contributed by atoms with van der Waals surface area (Å²) in [7, 11) is 2.14. The minimum absolute atomic E-state index is 0.469. The molecule has 1 aliphatic heterocycles. The minimum Gasteiger partial charge on any atom is -0.384 e. The molecule has 0 radical (unpaired) electrons. The van der Waals surface area contributed by atoms with Gasteiger partial charge in [0.2, 0.25) is 5.95 Å². The second-order valence-corrected chi connectivity index (χ2v) is 6.93. The summed E-state index contributed by atoms with van der Waals surface area (Å²) < 4.78 is 0. The standard InChI is InChI=1S/C19H27N5O/c1-19(25,17-6-4-3-5-7-17)15-20-12-16-13-21-18(22-14-16)24-10-8-23(2)9-11-24/h3-7,13-14,20,25H,8-12,15H2,1-2H3. The molecular weight excluding hydrogens is 314 g/mol. The van der Waals surface area contributed by atoms with Crippen molar-refractivity contribution in [2.45, 2.75) is 19.1 Å². The molecule has 2 aromatic rings. The van der Waals surface area contributed by atoms with Gasteiger partial charge in [0.25, 0.3) is 0 Å². The fourth-order valence-corrected chi connectivity index (χ4v) is 2.96. The van der Waals surface area contributed by atoms with Gasteiger partial charge in [0.1, 0.15) is 0 Å². The van der Waals surface area contributed by atoms with Gasteiger partial charge < -0.3 is 20.2 Å². The van der Waals surface area contributed by atoms with Crippen LogP contribution in [-0.4, -0.2) is 59.7 Å². The van der Waals surface area contributed by atoms with Gasteiger partial charge in [-0.15, -0.1) is 0 Å². The van der Waals surface area contributed by atoms with Crippen molar-refractivity contribution in [2.24, 2.45) is 0 Å². The molecule has 2 heterocycles. The van der Waals surface area contributed by atoms with Crippen LogP contribution in [0.1, 0.15) is 18.1 Å². The Kier molecular flexibility index (Phi) is 5.63. The Bertz CT molecular complexity index is 651. The predicted octanol–water partition coefficient (Wildman–Crippen LogP) is 1.23. The summed E-state index contributed by atoms with van der Waals surface area (Å²) in [6.45, 7) is 6.94. The van der Waals surface area contributed by atoms with Crippen molar-refractivity contribution in [3.63, 3.8) is 0 Å². The highest BCUT2D eigenvalue weighted by atomic mass is 16.3. The van der Waals surface area contributed by atoms with E-state index in [1.807, 2.05) is 49.6 Å². The molecule has 1 unspecified atom stereocenters. The van der Waals surface area contributed by atoms with Gasteiger partial charge in [0.15, 0.2) is 0 Å². The number of nitrogens with one attached hydrogen (secondary N) is 1. The van der Waals surface area contributed by atoms with Crippen molar-refractivity contribution < 1.29 is 5.11 Å². The highest BCUT2D eigenvalue weighted by Gasteiger charge is 2.22. The number of nitrogens with zero attached hydrogens (tertiary/aromatic N) is 4. The molecular formula is C19H27N5O. The lowest BCUT2D eigenvalue weighted by molar-refractivity contribution is 0.0566. The zero-order chi connectivity index (χ0) is 17.7. The molecule has 0 saturated carbocycles. The number of hydrogen-bond acceptors (Lipinski definition) is 6. The van der Waals surface area contributed by atoms with Crippen LogP contribution in [0.4, 0.5) is 5.95 Å². The van der Waals surface area contributed by atoms with Crippen LogP contribution in [0.2, 0.25) is 0 Å². The van der Waals surface area contributed by atoms with Crippen LogP contribution in [0.15, 0.2) is 42.7 Å². The summed E-state index contributed by atoms with van der Waals surface area (Å²) in [5.41, 5.74) is 1.02. The summed E-state index contributed by atoms with van der Waals surface area (Å²) >= 11 is 0. The molecule has 6 heteroatoms. The third-order valence-corrected chi connectivity index (χ3v) is 4.67. The Balaban J connectivity index is 1.50. The van der Waals surface area contributed by atoms with Gasteiger partial charge in [0.05, 0.1) is 5.60 Å². The van der Waals surface area contributed by atoms with Crippen molar-refractivity contribution in [2.75, 3.05) is 44.7 Å². The Morgan fingerprint density at radius 3 is 2.36 bits per heavy atom. The second kappa shape index (κ2) is 7.91. The highest BCUT2D eigenvalue weighted by Crippen LogP contribution is 2.19. The maximum Gasteiger partial charge on any atom is 0.225 e. The topological polar surface area (TPSA) is 64.5 Å². The predicted molar refractivity (Wildman–Crippen MR) is 99.5 cm³/mol. The van der Waals surface area contributed by atoms with E-state index in [4.69, 9.17) is 0 Å². The normalized spacial score (nSPS) is 18.1. The quantitative estimate of drug-likeness (QED) is 0.824.